The molecule has 3 rings (SSSR count). The van der Waals surface area contributed by atoms with Crippen molar-refractivity contribution in [3.8, 4) is 0 Å². The van der Waals surface area contributed by atoms with E-state index in [1.807, 2.05) is 22.9 Å². The lowest BCUT2D eigenvalue weighted by atomic mass is 10.4. The van der Waals surface area contributed by atoms with Crippen LogP contribution in [0.1, 0.15) is 6.92 Å². The third-order valence-corrected chi connectivity index (χ3v) is 5.43. The Bertz CT molecular complexity index is 670. The van der Waals surface area contributed by atoms with Gasteiger partial charge in [0.15, 0.2) is 0 Å². The maximum absolute atomic E-state index is 11.8. The number of nitrogens with zero attached hydrogens (tertiary/aromatic N) is 5. The van der Waals surface area contributed by atoms with E-state index in [0.29, 0.717) is 32.0 Å². The van der Waals surface area contributed by atoms with E-state index in [4.69, 9.17) is 0 Å². The van der Waals surface area contributed by atoms with Crippen molar-refractivity contribution in [1.82, 2.24) is 18.7 Å². The number of aromatic nitrogens is 3. The predicted molar refractivity (Wildman–Crippen MR) is 76.2 cm³/mol. The summed E-state index contributed by atoms with van der Waals surface area (Å²) in [4.78, 5) is 10.7. The smallest absolute Gasteiger partial charge is 0.235 e. The molecule has 0 spiro atoms. The molecule has 0 amide bonds. The highest BCUT2D eigenvalue weighted by Gasteiger charge is 2.26. The Morgan fingerprint density at radius 2 is 2.00 bits per heavy atom. The third-order valence-electron chi connectivity index (χ3n) is 3.54. The van der Waals surface area contributed by atoms with E-state index < -0.39 is 10.0 Å². The van der Waals surface area contributed by atoms with Gasteiger partial charge in [-0.05, 0) is 13.0 Å². The summed E-state index contributed by atoms with van der Waals surface area (Å²) in [6, 6.07) is 1.85. The number of imidazole rings is 1. The van der Waals surface area contributed by atoms with Crippen molar-refractivity contribution < 1.29 is 8.42 Å². The van der Waals surface area contributed by atoms with Crippen molar-refractivity contribution in [3.63, 3.8) is 0 Å². The molecule has 0 N–H and O–H groups in total. The molecule has 0 unspecified atom stereocenters. The average Bonchev–Trinajstić information content (AvgIpc) is 2.91. The number of sulfonamides is 1. The van der Waals surface area contributed by atoms with Crippen molar-refractivity contribution in [2.75, 3.05) is 36.8 Å². The Morgan fingerprint density at radius 3 is 2.65 bits per heavy atom. The van der Waals surface area contributed by atoms with Crippen LogP contribution in [0.25, 0.3) is 5.78 Å². The number of piperazine rings is 1. The molecule has 0 saturated carbocycles. The van der Waals surface area contributed by atoms with Gasteiger partial charge in [0.25, 0.3) is 0 Å². The number of hydrogen-bond acceptors (Lipinski definition) is 5. The van der Waals surface area contributed by atoms with Crippen LogP contribution >= 0.6 is 0 Å². The van der Waals surface area contributed by atoms with Crippen molar-refractivity contribution in [2.45, 2.75) is 6.92 Å². The Hall–Kier alpha value is -1.67. The van der Waals surface area contributed by atoms with E-state index in [0.717, 1.165) is 5.82 Å². The van der Waals surface area contributed by atoms with Crippen LogP contribution in [0.15, 0.2) is 24.7 Å². The molecule has 7 nitrogen and oxygen atoms in total. The first-order chi connectivity index (χ1) is 9.60. The highest BCUT2D eigenvalue weighted by Crippen LogP contribution is 2.17. The third kappa shape index (κ3) is 2.36. The van der Waals surface area contributed by atoms with Crippen molar-refractivity contribution >= 4 is 21.6 Å². The van der Waals surface area contributed by atoms with E-state index in [9.17, 15) is 8.42 Å². The van der Waals surface area contributed by atoms with Gasteiger partial charge in [-0.15, -0.1) is 0 Å². The zero-order chi connectivity index (χ0) is 14.2. The molecule has 0 radical (unpaired) electrons. The molecular formula is C12H17N5O2S. The molecule has 1 aliphatic rings. The second kappa shape index (κ2) is 5.02. The second-order valence-corrected chi connectivity index (χ2v) is 6.97. The lowest BCUT2D eigenvalue weighted by Crippen LogP contribution is -2.49. The zero-order valence-electron chi connectivity index (χ0n) is 11.3. The van der Waals surface area contributed by atoms with E-state index >= 15 is 0 Å². The largest absolute Gasteiger partial charge is 0.353 e. The van der Waals surface area contributed by atoms with Gasteiger partial charge in [-0.3, -0.25) is 4.40 Å². The van der Waals surface area contributed by atoms with Crippen LogP contribution in [-0.2, 0) is 10.0 Å². The van der Waals surface area contributed by atoms with Crippen LogP contribution in [0.2, 0.25) is 0 Å². The van der Waals surface area contributed by atoms with Gasteiger partial charge >= 0.3 is 0 Å². The van der Waals surface area contributed by atoms with Gasteiger partial charge in [-0.1, -0.05) is 0 Å². The molecule has 1 saturated heterocycles. The first-order valence-corrected chi connectivity index (χ1v) is 8.23. The lowest BCUT2D eigenvalue weighted by Gasteiger charge is -2.33. The summed E-state index contributed by atoms with van der Waals surface area (Å²) in [5.74, 6) is 1.66. The molecule has 0 atom stereocenters. The summed E-state index contributed by atoms with van der Waals surface area (Å²) < 4.78 is 27.1. The van der Waals surface area contributed by atoms with Gasteiger partial charge < -0.3 is 4.90 Å². The minimum absolute atomic E-state index is 0.158. The van der Waals surface area contributed by atoms with E-state index in [1.54, 1.807) is 17.4 Å². The molecule has 20 heavy (non-hydrogen) atoms. The standard InChI is InChI=1S/C12H17N5O2S/c1-2-20(18,19)17-8-6-15(7-9-17)11-10-16-5-3-4-13-12(16)14-11/h3-5,10H,2,6-9H2,1H3. The first kappa shape index (κ1) is 13.3. The maximum atomic E-state index is 11.8. The molecule has 2 aromatic heterocycles. The number of fused-ring (bicyclic) bond motifs is 1. The Morgan fingerprint density at radius 1 is 1.25 bits per heavy atom. The topological polar surface area (TPSA) is 70.8 Å². The molecule has 0 aromatic carbocycles. The molecule has 8 heteroatoms. The molecular weight excluding hydrogens is 278 g/mol. The number of rotatable bonds is 3. The summed E-state index contributed by atoms with van der Waals surface area (Å²) in [5.41, 5.74) is 0. The first-order valence-electron chi connectivity index (χ1n) is 6.62. The molecule has 108 valence electrons. The van der Waals surface area contributed by atoms with Gasteiger partial charge in [0.2, 0.25) is 15.8 Å². The Balaban J connectivity index is 1.75. The van der Waals surface area contributed by atoms with E-state index in [2.05, 4.69) is 14.9 Å². The van der Waals surface area contributed by atoms with Gasteiger partial charge in [-0.2, -0.15) is 9.29 Å². The summed E-state index contributed by atoms with van der Waals surface area (Å²) in [7, 11) is -3.08. The van der Waals surface area contributed by atoms with Gasteiger partial charge in [0, 0.05) is 38.6 Å². The van der Waals surface area contributed by atoms with Crippen molar-refractivity contribution in [2.24, 2.45) is 0 Å². The van der Waals surface area contributed by atoms with Gasteiger partial charge in [0.05, 0.1) is 11.9 Å². The molecule has 0 bridgehead atoms. The van der Waals surface area contributed by atoms with Gasteiger partial charge in [-0.25, -0.2) is 13.4 Å². The average molecular weight is 295 g/mol. The summed E-state index contributed by atoms with van der Waals surface area (Å²) >= 11 is 0. The van der Waals surface area contributed by atoms with Crippen LogP contribution in [-0.4, -0.2) is 59.0 Å². The fourth-order valence-corrected chi connectivity index (χ4v) is 3.43. The molecule has 3 heterocycles. The Labute approximate surface area is 117 Å². The van der Waals surface area contributed by atoms with Gasteiger partial charge in [0.1, 0.15) is 5.82 Å². The number of hydrogen-bond donors (Lipinski definition) is 0. The summed E-state index contributed by atoms with van der Waals surface area (Å²) in [6.07, 6.45) is 5.53. The highest BCUT2D eigenvalue weighted by molar-refractivity contribution is 7.89. The van der Waals surface area contributed by atoms with Crippen LogP contribution in [0.4, 0.5) is 5.82 Å². The van der Waals surface area contributed by atoms with Crippen molar-refractivity contribution in [1.29, 1.82) is 0 Å². The Kier molecular flexibility index (Phi) is 3.35. The second-order valence-electron chi connectivity index (χ2n) is 4.71. The van der Waals surface area contributed by atoms with E-state index in [1.165, 1.54) is 0 Å². The lowest BCUT2D eigenvalue weighted by molar-refractivity contribution is 0.384. The molecule has 2 aromatic rings. The molecule has 1 fully saturated rings. The quantitative estimate of drug-likeness (QED) is 0.809. The van der Waals surface area contributed by atoms with Crippen molar-refractivity contribution in [3.05, 3.63) is 24.7 Å². The molecule has 0 aliphatic carbocycles. The molecule has 1 aliphatic heterocycles. The fourth-order valence-electron chi connectivity index (χ4n) is 2.35. The van der Waals surface area contributed by atoms with Crippen LogP contribution < -0.4 is 4.90 Å². The summed E-state index contributed by atoms with van der Waals surface area (Å²) in [6.45, 7) is 4.01. The predicted octanol–water partition coefficient (Wildman–Crippen LogP) is 0.201. The maximum Gasteiger partial charge on any atom is 0.235 e. The zero-order valence-corrected chi connectivity index (χ0v) is 12.1. The number of anilines is 1. The minimum Gasteiger partial charge on any atom is -0.353 e. The van der Waals surface area contributed by atoms with E-state index in [-0.39, 0.29) is 5.75 Å². The monoisotopic (exact) mass is 295 g/mol. The van der Waals surface area contributed by atoms with Crippen LogP contribution in [0, 0.1) is 0 Å². The van der Waals surface area contributed by atoms with Crippen LogP contribution in [0.5, 0.6) is 0 Å². The SMILES string of the molecule is CCS(=O)(=O)N1CCN(c2cn3cccnc3n2)CC1. The normalized spacial score (nSPS) is 17.8. The highest BCUT2D eigenvalue weighted by atomic mass is 32.2. The summed E-state index contributed by atoms with van der Waals surface area (Å²) in [5, 5.41) is 0. The fraction of sp³-hybridized carbons (Fsp3) is 0.500. The van der Waals surface area contributed by atoms with Crippen LogP contribution in [0.3, 0.4) is 0 Å². The minimum atomic E-state index is -3.08.